The van der Waals surface area contributed by atoms with Crippen LogP contribution < -0.4 is 5.32 Å². The molecule has 0 fully saturated rings. The largest absolute Gasteiger partial charge is 0.466 e. The second-order valence-electron chi connectivity index (χ2n) is 23.2. The van der Waals surface area contributed by atoms with Crippen molar-refractivity contribution in [3.63, 3.8) is 0 Å². The van der Waals surface area contributed by atoms with Crippen LogP contribution in [0.1, 0.15) is 380 Å². The molecule has 0 aromatic carbocycles. The number of ether oxygens (including phenoxy) is 1. The van der Waals surface area contributed by atoms with Gasteiger partial charge >= 0.3 is 5.97 Å². The van der Waals surface area contributed by atoms with Crippen LogP contribution in [-0.2, 0) is 14.3 Å². The molecule has 2 unspecified atom stereocenters. The average molecular weight is 1030 g/mol. The van der Waals surface area contributed by atoms with E-state index in [1.165, 1.54) is 315 Å². The first-order valence-electron chi connectivity index (χ1n) is 33.5. The minimum absolute atomic E-state index is 0.0231. The van der Waals surface area contributed by atoms with Crippen LogP contribution in [0.4, 0.5) is 0 Å². The number of aliphatic hydroxyl groups is 2. The van der Waals surface area contributed by atoms with E-state index in [9.17, 15) is 19.8 Å². The Balaban J connectivity index is 3.31. The van der Waals surface area contributed by atoms with Gasteiger partial charge in [-0.05, 0) is 32.1 Å². The van der Waals surface area contributed by atoms with E-state index < -0.39 is 12.1 Å². The van der Waals surface area contributed by atoms with Crippen molar-refractivity contribution in [2.75, 3.05) is 13.2 Å². The molecule has 0 heterocycles. The minimum Gasteiger partial charge on any atom is -0.466 e. The third kappa shape index (κ3) is 59.7. The molecular formula is C67H131NO5. The van der Waals surface area contributed by atoms with E-state index in [4.69, 9.17) is 4.74 Å². The van der Waals surface area contributed by atoms with Gasteiger partial charge in [0.25, 0.3) is 0 Å². The zero-order chi connectivity index (χ0) is 52.9. The number of nitrogens with one attached hydrogen (secondary N) is 1. The first-order chi connectivity index (χ1) is 36.0. The van der Waals surface area contributed by atoms with E-state index in [0.29, 0.717) is 19.4 Å². The Kier molecular flexibility index (Phi) is 61.9. The highest BCUT2D eigenvalue weighted by atomic mass is 16.5. The second-order valence-corrected chi connectivity index (χ2v) is 23.2. The lowest BCUT2D eigenvalue weighted by Crippen LogP contribution is -2.45. The highest BCUT2D eigenvalue weighted by Crippen LogP contribution is 2.19. The molecule has 6 nitrogen and oxygen atoms in total. The summed E-state index contributed by atoms with van der Waals surface area (Å²) in [7, 11) is 0. The predicted octanol–water partition coefficient (Wildman–Crippen LogP) is 21.2. The first-order valence-corrected chi connectivity index (χ1v) is 33.5. The van der Waals surface area contributed by atoms with Crippen LogP contribution in [0.2, 0.25) is 0 Å². The zero-order valence-corrected chi connectivity index (χ0v) is 49.6. The van der Waals surface area contributed by atoms with Gasteiger partial charge in [0, 0.05) is 12.8 Å². The lowest BCUT2D eigenvalue weighted by atomic mass is 10.0. The Hall–Kier alpha value is -1.40. The van der Waals surface area contributed by atoms with E-state index >= 15 is 0 Å². The zero-order valence-electron chi connectivity index (χ0n) is 49.6. The average Bonchev–Trinajstić information content (AvgIpc) is 3.39. The number of allylic oxidation sites excluding steroid dienone is 1. The molecule has 0 aliphatic carbocycles. The molecule has 0 radical (unpaired) electrons. The van der Waals surface area contributed by atoms with Crippen LogP contribution in [0, 0.1) is 0 Å². The summed E-state index contributed by atoms with van der Waals surface area (Å²) in [4.78, 5) is 24.5. The van der Waals surface area contributed by atoms with Crippen molar-refractivity contribution >= 4 is 11.9 Å². The first kappa shape index (κ1) is 71.6. The predicted molar refractivity (Wildman–Crippen MR) is 320 cm³/mol. The molecule has 0 aliphatic rings. The Morgan fingerprint density at radius 2 is 0.630 bits per heavy atom. The van der Waals surface area contributed by atoms with Crippen LogP contribution in [0.15, 0.2) is 12.2 Å². The summed E-state index contributed by atoms with van der Waals surface area (Å²) in [6.45, 7) is 4.93. The fourth-order valence-corrected chi connectivity index (χ4v) is 10.7. The topological polar surface area (TPSA) is 95.9 Å². The van der Waals surface area contributed by atoms with Gasteiger partial charge in [0.15, 0.2) is 0 Å². The van der Waals surface area contributed by atoms with Crippen LogP contribution in [-0.4, -0.2) is 47.4 Å². The lowest BCUT2D eigenvalue weighted by Gasteiger charge is -2.20. The van der Waals surface area contributed by atoms with Gasteiger partial charge in [-0.15, -0.1) is 0 Å². The molecule has 0 aliphatic heterocycles. The number of carbonyl (C=O) groups excluding carboxylic acids is 2. The van der Waals surface area contributed by atoms with E-state index in [1.807, 2.05) is 6.08 Å². The van der Waals surface area contributed by atoms with Crippen LogP contribution in [0.3, 0.4) is 0 Å². The van der Waals surface area contributed by atoms with Gasteiger partial charge in [-0.3, -0.25) is 9.59 Å². The summed E-state index contributed by atoms with van der Waals surface area (Å²) in [5.74, 6) is -0.0411. The molecule has 0 aromatic heterocycles. The number of hydrogen-bond acceptors (Lipinski definition) is 5. The normalized spacial score (nSPS) is 12.5. The Labute approximate surface area is 457 Å². The summed E-state index contributed by atoms with van der Waals surface area (Å²) < 4.78 is 5.51. The highest BCUT2D eigenvalue weighted by molar-refractivity contribution is 5.76. The Morgan fingerprint density at radius 1 is 0.370 bits per heavy atom. The fraction of sp³-hybridized carbons (Fsp3) is 0.940. The van der Waals surface area contributed by atoms with E-state index in [0.717, 1.165) is 38.5 Å². The molecule has 0 saturated heterocycles. The van der Waals surface area contributed by atoms with Crippen molar-refractivity contribution < 1.29 is 24.5 Å². The van der Waals surface area contributed by atoms with E-state index in [-0.39, 0.29) is 18.5 Å². The van der Waals surface area contributed by atoms with Gasteiger partial charge in [0.1, 0.15) is 0 Å². The van der Waals surface area contributed by atoms with E-state index in [1.54, 1.807) is 6.08 Å². The maximum absolute atomic E-state index is 12.4. The monoisotopic (exact) mass is 1030 g/mol. The number of esters is 1. The van der Waals surface area contributed by atoms with Crippen molar-refractivity contribution in [3.8, 4) is 0 Å². The van der Waals surface area contributed by atoms with Gasteiger partial charge in [-0.2, -0.15) is 0 Å². The van der Waals surface area contributed by atoms with Crippen molar-refractivity contribution in [1.29, 1.82) is 0 Å². The summed E-state index contributed by atoms with van der Waals surface area (Å²) >= 11 is 0. The summed E-state index contributed by atoms with van der Waals surface area (Å²) in [6.07, 6.45) is 77.2. The minimum atomic E-state index is -0.840. The SMILES string of the molecule is CCCCCCCCCCC/C=C/C(O)C(CO)NC(=O)CCCCCCCCCCCCCCCCCCCCCCCCCCCCCCOC(=O)CCCCCCCCCCCCCCCCCCC. The fourth-order valence-electron chi connectivity index (χ4n) is 10.7. The molecule has 1 amide bonds. The molecule has 3 N–H and O–H groups in total. The van der Waals surface area contributed by atoms with Crippen LogP contribution in [0.25, 0.3) is 0 Å². The molecule has 0 bridgehead atoms. The molecular weight excluding hydrogens is 899 g/mol. The highest BCUT2D eigenvalue weighted by Gasteiger charge is 2.18. The molecule has 0 aromatic rings. The molecule has 0 saturated carbocycles. The van der Waals surface area contributed by atoms with Crippen LogP contribution >= 0.6 is 0 Å². The number of aliphatic hydroxyl groups excluding tert-OH is 2. The summed E-state index contributed by atoms with van der Waals surface area (Å²) in [6, 6.07) is -0.623. The van der Waals surface area contributed by atoms with Gasteiger partial charge in [0.2, 0.25) is 5.91 Å². The molecule has 434 valence electrons. The number of carbonyl (C=O) groups is 2. The lowest BCUT2D eigenvalue weighted by molar-refractivity contribution is -0.143. The quantitative estimate of drug-likeness (QED) is 0.0320. The van der Waals surface area contributed by atoms with Crippen molar-refractivity contribution in [3.05, 3.63) is 12.2 Å². The summed E-state index contributed by atoms with van der Waals surface area (Å²) in [5, 5.41) is 23.0. The van der Waals surface area contributed by atoms with Crippen LogP contribution in [0.5, 0.6) is 0 Å². The van der Waals surface area contributed by atoms with Crippen molar-refractivity contribution in [1.82, 2.24) is 5.32 Å². The number of hydrogen-bond donors (Lipinski definition) is 3. The second kappa shape index (κ2) is 63.1. The van der Waals surface area contributed by atoms with Crippen molar-refractivity contribution in [2.45, 2.75) is 392 Å². The number of rotatable bonds is 63. The van der Waals surface area contributed by atoms with Gasteiger partial charge in [0.05, 0.1) is 25.4 Å². The standard InChI is InChI=1S/C67H131NO5/c1-3-5-7-9-11-13-15-16-17-30-34-37-41-45-49-53-57-61-67(72)73-62-58-54-50-46-42-38-35-32-29-27-25-23-21-19-18-20-22-24-26-28-31-33-36-40-44-48-52-56-60-66(71)68-64(63-69)65(70)59-55-51-47-43-39-14-12-10-8-6-4-2/h55,59,64-65,69-70H,3-54,56-58,60-63H2,1-2H3,(H,68,71)/b59-55+. The third-order valence-electron chi connectivity index (χ3n) is 15.8. The maximum atomic E-state index is 12.4. The van der Waals surface area contributed by atoms with Gasteiger partial charge in [-0.25, -0.2) is 0 Å². The Bertz CT molecular complexity index is 1100. The van der Waals surface area contributed by atoms with Crippen molar-refractivity contribution in [2.24, 2.45) is 0 Å². The molecule has 0 spiro atoms. The molecule has 0 rings (SSSR count). The maximum Gasteiger partial charge on any atom is 0.305 e. The molecule has 2 atom stereocenters. The van der Waals surface area contributed by atoms with E-state index in [2.05, 4.69) is 19.2 Å². The Morgan fingerprint density at radius 3 is 0.932 bits per heavy atom. The number of amides is 1. The molecule has 73 heavy (non-hydrogen) atoms. The molecule has 6 heteroatoms. The summed E-state index contributed by atoms with van der Waals surface area (Å²) in [5.41, 5.74) is 0. The van der Waals surface area contributed by atoms with Gasteiger partial charge < -0.3 is 20.3 Å². The van der Waals surface area contributed by atoms with Gasteiger partial charge in [-0.1, -0.05) is 347 Å². The third-order valence-corrected chi connectivity index (χ3v) is 15.8. The smallest absolute Gasteiger partial charge is 0.305 e. The number of unbranched alkanes of at least 4 members (excludes halogenated alkanes) is 52.